The second-order valence-corrected chi connectivity index (χ2v) is 8.19. The molecule has 0 aliphatic carbocycles. The van der Waals surface area contributed by atoms with Crippen LogP contribution < -0.4 is 5.32 Å². The van der Waals surface area contributed by atoms with Crippen molar-refractivity contribution in [2.75, 3.05) is 11.1 Å². The van der Waals surface area contributed by atoms with Gasteiger partial charge in [-0.1, -0.05) is 53.7 Å². The minimum Gasteiger partial charge on any atom is -0.325 e. The molecule has 28 heavy (non-hydrogen) atoms. The van der Waals surface area contributed by atoms with Crippen molar-refractivity contribution in [2.24, 2.45) is 0 Å². The summed E-state index contributed by atoms with van der Waals surface area (Å²) in [5, 5.41) is 12.7. The van der Waals surface area contributed by atoms with Crippen LogP contribution in [0.1, 0.15) is 5.56 Å². The van der Waals surface area contributed by atoms with Gasteiger partial charge in [0.25, 0.3) is 0 Å². The standard InChI is InChI=1S/C20H18BrClN4OS/c1-3-10-26-19(15-7-5-4-6-13(15)2)24-25-20(26)28-12-18(27)23-14-8-9-16(21)17(22)11-14/h3-9,11H,1,10,12H2,2H3,(H,23,27). The summed E-state index contributed by atoms with van der Waals surface area (Å²) in [6.07, 6.45) is 1.79. The van der Waals surface area contributed by atoms with Gasteiger partial charge in [0.1, 0.15) is 0 Å². The van der Waals surface area contributed by atoms with Crippen LogP contribution in [0.5, 0.6) is 0 Å². The number of halogens is 2. The fourth-order valence-corrected chi connectivity index (χ4v) is 3.79. The van der Waals surface area contributed by atoms with E-state index in [4.69, 9.17) is 11.6 Å². The van der Waals surface area contributed by atoms with E-state index in [1.807, 2.05) is 35.8 Å². The Labute approximate surface area is 181 Å². The summed E-state index contributed by atoms with van der Waals surface area (Å²) in [7, 11) is 0. The van der Waals surface area contributed by atoms with Crippen molar-refractivity contribution in [3.63, 3.8) is 0 Å². The highest BCUT2D eigenvalue weighted by Gasteiger charge is 2.16. The summed E-state index contributed by atoms with van der Waals surface area (Å²) < 4.78 is 2.74. The largest absolute Gasteiger partial charge is 0.325 e. The molecule has 0 spiro atoms. The molecule has 0 saturated heterocycles. The third-order valence-electron chi connectivity index (χ3n) is 3.95. The molecule has 1 N–H and O–H groups in total. The van der Waals surface area contributed by atoms with Gasteiger partial charge in [0.15, 0.2) is 11.0 Å². The summed E-state index contributed by atoms with van der Waals surface area (Å²) in [6, 6.07) is 13.3. The normalized spacial score (nSPS) is 10.7. The van der Waals surface area contributed by atoms with Crippen LogP contribution in [0.25, 0.3) is 11.4 Å². The molecule has 0 saturated carbocycles. The van der Waals surface area contributed by atoms with Crippen molar-refractivity contribution in [3.8, 4) is 11.4 Å². The van der Waals surface area contributed by atoms with Crippen molar-refractivity contribution in [3.05, 3.63) is 70.2 Å². The van der Waals surface area contributed by atoms with Crippen molar-refractivity contribution >= 4 is 50.9 Å². The summed E-state index contributed by atoms with van der Waals surface area (Å²) in [5.41, 5.74) is 2.77. The van der Waals surface area contributed by atoms with Gasteiger partial charge < -0.3 is 5.32 Å². The fraction of sp³-hybridized carbons (Fsp3) is 0.150. The smallest absolute Gasteiger partial charge is 0.234 e. The van der Waals surface area contributed by atoms with Gasteiger partial charge in [-0.25, -0.2) is 0 Å². The first kappa shape index (κ1) is 20.6. The van der Waals surface area contributed by atoms with Crippen LogP contribution in [0.2, 0.25) is 5.02 Å². The lowest BCUT2D eigenvalue weighted by Crippen LogP contribution is -2.14. The molecule has 0 aliphatic heterocycles. The minimum absolute atomic E-state index is 0.144. The van der Waals surface area contributed by atoms with E-state index in [1.54, 1.807) is 24.3 Å². The van der Waals surface area contributed by atoms with Crippen LogP contribution in [0.15, 0.2) is 64.7 Å². The first-order valence-corrected chi connectivity index (χ1v) is 10.6. The number of nitrogens with one attached hydrogen (secondary N) is 1. The van der Waals surface area contributed by atoms with Gasteiger partial charge >= 0.3 is 0 Å². The molecule has 5 nitrogen and oxygen atoms in total. The SMILES string of the molecule is C=CCn1c(SCC(=O)Nc2ccc(Br)c(Cl)c2)nnc1-c1ccccc1C. The summed E-state index contributed by atoms with van der Waals surface area (Å²) in [4.78, 5) is 12.3. The Balaban J connectivity index is 1.73. The number of allylic oxidation sites excluding steroid dienone is 1. The van der Waals surface area contributed by atoms with Crippen LogP contribution in [0, 0.1) is 6.92 Å². The van der Waals surface area contributed by atoms with Gasteiger partial charge in [0, 0.05) is 22.3 Å². The van der Waals surface area contributed by atoms with Crippen LogP contribution in [0.4, 0.5) is 5.69 Å². The number of anilines is 1. The molecule has 0 aliphatic rings. The molecule has 2 aromatic carbocycles. The topological polar surface area (TPSA) is 59.8 Å². The third kappa shape index (κ3) is 4.84. The molecule has 1 aromatic heterocycles. The molecule has 3 aromatic rings. The molecule has 8 heteroatoms. The number of aromatic nitrogens is 3. The molecule has 1 heterocycles. The van der Waals surface area contributed by atoms with E-state index in [2.05, 4.69) is 38.0 Å². The Hall–Kier alpha value is -2.09. The van der Waals surface area contributed by atoms with E-state index in [0.717, 1.165) is 21.4 Å². The lowest BCUT2D eigenvalue weighted by molar-refractivity contribution is -0.113. The summed E-state index contributed by atoms with van der Waals surface area (Å²) >= 11 is 10.7. The van der Waals surface area contributed by atoms with E-state index < -0.39 is 0 Å². The molecule has 0 radical (unpaired) electrons. The highest BCUT2D eigenvalue weighted by molar-refractivity contribution is 9.10. The Bertz CT molecular complexity index is 1020. The van der Waals surface area contributed by atoms with Gasteiger partial charge in [-0.3, -0.25) is 9.36 Å². The first-order chi connectivity index (χ1) is 13.5. The lowest BCUT2D eigenvalue weighted by atomic mass is 10.1. The van der Waals surface area contributed by atoms with Crippen LogP contribution >= 0.6 is 39.3 Å². The molecular formula is C20H18BrClN4OS. The predicted molar refractivity (Wildman–Crippen MR) is 119 cm³/mol. The molecule has 1 amide bonds. The Morgan fingerprint density at radius 1 is 1.32 bits per heavy atom. The summed E-state index contributed by atoms with van der Waals surface area (Å²) in [5.74, 6) is 0.825. The Kier molecular flexibility index (Phi) is 6.93. The van der Waals surface area contributed by atoms with Crippen LogP contribution in [0.3, 0.4) is 0 Å². The van der Waals surface area contributed by atoms with E-state index in [9.17, 15) is 4.79 Å². The molecule has 0 atom stereocenters. The number of thioether (sulfide) groups is 1. The highest BCUT2D eigenvalue weighted by Crippen LogP contribution is 2.27. The number of carbonyl (C=O) groups excluding carboxylic acids is 1. The van der Waals surface area contributed by atoms with Gasteiger partial charge in [0.2, 0.25) is 5.91 Å². The maximum atomic E-state index is 12.3. The number of carbonyl (C=O) groups is 1. The average Bonchev–Trinajstić information content (AvgIpc) is 3.06. The Morgan fingerprint density at radius 3 is 2.82 bits per heavy atom. The maximum absolute atomic E-state index is 12.3. The van der Waals surface area contributed by atoms with E-state index in [-0.39, 0.29) is 11.7 Å². The minimum atomic E-state index is -0.144. The molecule has 144 valence electrons. The summed E-state index contributed by atoms with van der Waals surface area (Å²) in [6.45, 7) is 6.41. The molecule has 3 rings (SSSR count). The predicted octanol–water partition coefficient (Wildman–Crippen LogP) is 5.59. The Morgan fingerprint density at radius 2 is 2.11 bits per heavy atom. The quantitative estimate of drug-likeness (QED) is 0.356. The molecule has 0 bridgehead atoms. The van der Waals surface area contributed by atoms with E-state index in [0.29, 0.717) is 22.4 Å². The highest BCUT2D eigenvalue weighted by atomic mass is 79.9. The second-order valence-electron chi connectivity index (χ2n) is 5.99. The van der Waals surface area contributed by atoms with Crippen molar-refractivity contribution < 1.29 is 4.79 Å². The third-order valence-corrected chi connectivity index (χ3v) is 6.15. The van der Waals surface area contributed by atoms with Crippen molar-refractivity contribution in [2.45, 2.75) is 18.6 Å². The van der Waals surface area contributed by atoms with E-state index in [1.165, 1.54) is 11.8 Å². The van der Waals surface area contributed by atoms with Gasteiger partial charge in [-0.05, 0) is 46.6 Å². The van der Waals surface area contributed by atoms with Gasteiger partial charge in [0.05, 0.1) is 10.8 Å². The van der Waals surface area contributed by atoms with E-state index >= 15 is 0 Å². The number of hydrogen-bond donors (Lipinski definition) is 1. The number of rotatable bonds is 7. The van der Waals surface area contributed by atoms with Crippen LogP contribution in [-0.2, 0) is 11.3 Å². The first-order valence-electron chi connectivity index (χ1n) is 8.47. The molecular weight excluding hydrogens is 460 g/mol. The number of nitrogens with zero attached hydrogens (tertiary/aromatic N) is 3. The monoisotopic (exact) mass is 476 g/mol. The van der Waals surface area contributed by atoms with Gasteiger partial charge in [-0.2, -0.15) is 0 Å². The second kappa shape index (κ2) is 9.41. The molecule has 0 unspecified atom stereocenters. The number of aryl methyl sites for hydroxylation is 1. The van der Waals surface area contributed by atoms with Gasteiger partial charge in [-0.15, -0.1) is 16.8 Å². The van der Waals surface area contributed by atoms with Crippen LogP contribution in [-0.4, -0.2) is 26.4 Å². The zero-order valence-corrected chi connectivity index (χ0v) is 18.3. The molecule has 0 fully saturated rings. The van der Waals surface area contributed by atoms with Crippen molar-refractivity contribution in [1.29, 1.82) is 0 Å². The lowest BCUT2D eigenvalue weighted by Gasteiger charge is -2.10. The fourth-order valence-electron chi connectivity index (χ4n) is 2.61. The zero-order valence-electron chi connectivity index (χ0n) is 15.2. The zero-order chi connectivity index (χ0) is 20.1. The van der Waals surface area contributed by atoms with Crippen molar-refractivity contribution in [1.82, 2.24) is 14.8 Å². The maximum Gasteiger partial charge on any atom is 0.234 e. The number of benzene rings is 2. The average molecular weight is 478 g/mol. The number of hydrogen-bond acceptors (Lipinski definition) is 4. The number of amides is 1.